The van der Waals surface area contributed by atoms with Crippen LogP contribution >= 0.6 is 0 Å². The quantitative estimate of drug-likeness (QED) is 0.696. The second-order valence-corrected chi connectivity index (χ2v) is 5.16. The summed E-state index contributed by atoms with van der Waals surface area (Å²) in [6.07, 6.45) is 0. The van der Waals surface area contributed by atoms with Gasteiger partial charge in [0.2, 0.25) is 0 Å². The molecular weight excluding hydrogens is 224 g/mol. The van der Waals surface area contributed by atoms with Crippen LogP contribution in [-0.2, 0) is 11.3 Å². The fourth-order valence-electron chi connectivity index (χ4n) is 1.69. The third kappa shape index (κ3) is 6.62. The van der Waals surface area contributed by atoms with Gasteiger partial charge in [-0.3, -0.25) is 0 Å². The van der Waals surface area contributed by atoms with E-state index in [1.54, 1.807) is 0 Å². The maximum atomic E-state index is 5.64. The van der Waals surface area contributed by atoms with E-state index in [1.165, 1.54) is 5.56 Å². The molecule has 0 aromatic heterocycles. The largest absolute Gasteiger partial charge is 0.383 e. The number of hydrogen-bond donors (Lipinski definition) is 2. The van der Waals surface area contributed by atoms with Crippen molar-refractivity contribution in [1.82, 2.24) is 5.32 Å². The van der Waals surface area contributed by atoms with Crippen molar-refractivity contribution in [1.29, 1.82) is 0 Å². The fourth-order valence-corrected chi connectivity index (χ4v) is 1.69. The van der Waals surface area contributed by atoms with Crippen molar-refractivity contribution in [3.63, 3.8) is 0 Å². The van der Waals surface area contributed by atoms with Crippen LogP contribution in [-0.4, -0.2) is 25.2 Å². The van der Waals surface area contributed by atoms with Crippen LogP contribution in [0.1, 0.15) is 33.3 Å². The first-order chi connectivity index (χ1) is 8.58. The zero-order valence-electron chi connectivity index (χ0n) is 12.0. The number of anilines is 1. The molecule has 0 unspecified atom stereocenters. The summed E-state index contributed by atoms with van der Waals surface area (Å²) in [6, 6.07) is 9.38. The van der Waals surface area contributed by atoms with Gasteiger partial charge >= 0.3 is 0 Å². The summed E-state index contributed by atoms with van der Waals surface area (Å²) in [6.45, 7) is 10.9. The van der Waals surface area contributed by atoms with Crippen LogP contribution in [0.5, 0.6) is 0 Å². The van der Waals surface area contributed by atoms with E-state index in [-0.39, 0.29) is 0 Å². The molecule has 2 N–H and O–H groups in total. The second-order valence-electron chi connectivity index (χ2n) is 5.16. The lowest BCUT2D eigenvalue weighted by Crippen LogP contribution is -2.26. The predicted octanol–water partition coefficient (Wildman–Crippen LogP) is 3.02. The minimum atomic E-state index is 0.455. The van der Waals surface area contributed by atoms with Crippen LogP contribution in [0.3, 0.4) is 0 Å². The Balaban J connectivity index is 2.29. The van der Waals surface area contributed by atoms with Gasteiger partial charge in [-0.15, -0.1) is 0 Å². The number of rotatable bonds is 8. The van der Waals surface area contributed by atoms with E-state index in [2.05, 4.69) is 62.6 Å². The Labute approximate surface area is 111 Å². The Morgan fingerprint density at radius 3 is 2.56 bits per heavy atom. The summed E-state index contributed by atoms with van der Waals surface area (Å²) in [5, 5.41) is 6.73. The first kappa shape index (κ1) is 15.0. The zero-order valence-corrected chi connectivity index (χ0v) is 12.0. The van der Waals surface area contributed by atoms with Gasteiger partial charge in [0.15, 0.2) is 0 Å². The van der Waals surface area contributed by atoms with Gasteiger partial charge in [0.05, 0.1) is 13.2 Å². The molecule has 3 nitrogen and oxygen atoms in total. The van der Waals surface area contributed by atoms with Gasteiger partial charge in [-0.1, -0.05) is 26.0 Å². The Kier molecular flexibility index (Phi) is 6.76. The molecule has 0 heterocycles. The second kappa shape index (κ2) is 8.11. The maximum Gasteiger partial charge on any atom is 0.0718 e. The van der Waals surface area contributed by atoms with E-state index in [0.29, 0.717) is 18.7 Å². The molecule has 0 amide bonds. The highest BCUT2D eigenvalue weighted by Crippen LogP contribution is 2.12. The molecule has 0 saturated carbocycles. The van der Waals surface area contributed by atoms with Gasteiger partial charge in [0.25, 0.3) is 0 Å². The summed E-state index contributed by atoms with van der Waals surface area (Å²) in [4.78, 5) is 0. The van der Waals surface area contributed by atoms with Crippen LogP contribution < -0.4 is 10.6 Å². The minimum Gasteiger partial charge on any atom is -0.383 e. The average molecular weight is 250 g/mol. The van der Waals surface area contributed by atoms with Crippen LogP contribution in [0.25, 0.3) is 0 Å². The summed E-state index contributed by atoms with van der Waals surface area (Å²) >= 11 is 0. The number of hydrogen-bond acceptors (Lipinski definition) is 3. The monoisotopic (exact) mass is 250 g/mol. The molecule has 0 aliphatic rings. The highest BCUT2D eigenvalue weighted by Gasteiger charge is 1.98. The molecule has 0 aliphatic carbocycles. The zero-order chi connectivity index (χ0) is 13.4. The van der Waals surface area contributed by atoms with E-state index in [0.717, 1.165) is 18.8 Å². The normalized spacial score (nSPS) is 11.2. The van der Waals surface area contributed by atoms with E-state index in [9.17, 15) is 0 Å². The molecule has 1 rings (SSSR count). The molecule has 0 aliphatic heterocycles. The number of benzene rings is 1. The first-order valence-corrected chi connectivity index (χ1v) is 6.74. The minimum absolute atomic E-state index is 0.455. The third-order valence-electron chi connectivity index (χ3n) is 2.45. The maximum absolute atomic E-state index is 5.64. The smallest absolute Gasteiger partial charge is 0.0718 e. The Hall–Kier alpha value is -1.06. The topological polar surface area (TPSA) is 33.3 Å². The van der Waals surface area contributed by atoms with Gasteiger partial charge in [-0.05, 0) is 31.5 Å². The lowest BCUT2D eigenvalue weighted by Gasteiger charge is -2.12. The summed E-state index contributed by atoms with van der Waals surface area (Å²) in [7, 11) is 0. The van der Waals surface area contributed by atoms with Crippen molar-refractivity contribution in [2.75, 3.05) is 18.5 Å². The van der Waals surface area contributed by atoms with Crippen molar-refractivity contribution in [3.8, 4) is 0 Å². The number of ether oxygens (including phenoxy) is 1. The summed E-state index contributed by atoms with van der Waals surface area (Å²) in [5.74, 6) is 0. The first-order valence-electron chi connectivity index (χ1n) is 6.74. The molecule has 18 heavy (non-hydrogen) atoms. The van der Waals surface area contributed by atoms with Crippen LogP contribution in [0, 0.1) is 0 Å². The van der Waals surface area contributed by atoms with Gasteiger partial charge in [-0.2, -0.15) is 0 Å². The molecule has 1 aromatic rings. The Morgan fingerprint density at radius 2 is 1.89 bits per heavy atom. The van der Waals surface area contributed by atoms with Crippen LogP contribution in [0.2, 0.25) is 0 Å². The van der Waals surface area contributed by atoms with Gasteiger partial charge < -0.3 is 15.4 Å². The third-order valence-corrected chi connectivity index (χ3v) is 2.45. The van der Waals surface area contributed by atoms with Crippen molar-refractivity contribution in [3.05, 3.63) is 29.8 Å². The summed E-state index contributed by atoms with van der Waals surface area (Å²) < 4.78 is 5.64. The Morgan fingerprint density at radius 1 is 1.11 bits per heavy atom. The highest BCUT2D eigenvalue weighted by atomic mass is 16.5. The van der Waals surface area contributed by atoms with Gasteiger partial charge in [0.1, 0.15) is 0 Å². The lowest BCUT2D eigenvalue weighted by molar-refractivity contribution is 0.121. The highest BCUT2D eigenvalue weighted by molar-refractivity contribution is 5.46. The fraction of sp³-hybridized carbons (Fsp3) is 0.600. The Bertz CT molecular complexity index is 337. The predicted molar refractivity (Wildman–Crippen MR) is 78.0 cm³/mol. The summed E-state index contributed by atoms with van der Waals surface area (Å²) in [5.41, 5.74) is 2.37. The lowest BCUT2D eigenvalue weighted by atomic mass is 10.2. The molecule has 3 heteroatoms. The van der Waals surface area contributed by atoms with Crippen molar-refractivity contribution in [2.45, 2.75) is 46.4 Å². The van der Waals surface area contributed by atoms with Crippen molar-refractivity contribution in [2.24, 2.45) is 0 Å². The molecule has 0 saturated heterocycles. The van der Waals surface area contributed by atoms with Gasteiger partial charge in [0, 0.05) is 24.3 Å². The molecule has 0 spiro atoms. The van der Waals surface area contributed by atoms with E-state index < -0.39 is 0 Å². The molecule has 0 atom stereocenters. The van der Waals surface area contributed by atoms with E-state index in [1.807, 2.05) is 0 Å². The standard InChI is InChI=1S/C15H26N2O/c1-12(2)16-8-9-18-11-14-6-5-7-15(10-14)17-13(3)4/h5-7,10,12-13,16-17H,8-9,11H2,1-4H3. The van der Waals surface area contributed by atoms with E-state index >= 15 is 0 Å². The van der Waals surface area contributed by atoms with Gasteiger partial charge in [-0.25, -0.2) is 0 Å². The molecule has 0 fully saturated rings. The molecule has 102 valence electrons. The molecule has 0 radical (unpaired) electrons. The average Bonchev–Trinajstić information content (AvgIpc) is 2.27. The number of nitrogens with one attached hydrogen (secondary N) is 2. The van der Waals surface area contributed by atoms with E-state index in [4.69, 9.17) is 4.74 Å². The molecular formula is C15H26N2O. The molecule has 1 aromatic carbocycles. The van der Waals surface area contributed by atoms with Crippen molar-refractivity contribution < 1.29 is 4.74 Å². The molecule has 0 bridgehead atoms. The van der Waals surface area contributed by atoms with Crippen LogP contribution in [0.4, 0.5) is 5.69 Å². The SMILES string of the molecule is CC(C)NCCOCc1cccc(NC(C)C)c1. The van der Waals surface area contributed by atoms with Crippen LogP contribution in [0.15, 0.2) is 24.3 Å². The van der Waals surface area contributed by atoms with Crippen molar-refractivity contribution >= 4 is 5.69 Å².